The van der Waals surface area contributed by atoms with Gasteiger partial charge in [0, 0.05) is 97.0 Å². The minimum absolute atomic E-state index is 0.00621. The molecule has 3 heterocycles. The molecule has 0 radical (unpaired) electrons. The highest BCUT2D eigenvalue weighted by Gasteiger charge is 2.48. The molecule has 1 aliphatic carbocycles. The standard InChI is InChI=1S/C43H58N4O6.C34H33F7N2O2/c1-44(42(50)33-52-4)27-26-41(49)46(3)37-22-20-34(21-23-37)14-8-5-6-11-19-40(48)45(2)30-31-47-28-24-38(25-29-47)53-43(51)32-36-17-12-13-18-39(36)35-15-9-7-10-16-35;1-22-16-23-4-2-3-5-29(23)31(22)10-13-42(14-11-31)15-12-32(25-6-8-28(35)9-7-25)20-43(21-45-32)30(44)24-17-26(33(36,37)38)19-27(18-24)34(39,40)41/h7,9-10,12-13,15-18,20-23,38H,5-6,8,11,14,19,24-33H2,1-4H3;2-9,17-19,22H,10-16,20-21H2,1H3/t;22-,32-/m.0/s1. The predicted molar refractivity (Wildman–Crippen MR) is 362 cm³/mol. The van der Waals surface area contributed by atoms with Crippen molar-refractivity contribution in [3.8, 4) is 11.1 Å². The number of rotatable bonds is 25. The molecule has 6 aromatic carbocycles. The van der Waals surface area contributed by atoms with Crippen molar-refractivity contribution in [3.05, 3.63) is 196 Å². The summed E-state index contributed by atoms with van der Waals surface area (Å²) < 4.78 is 112. The molecular weight excluding hydrogens is 1270 g/mol. The van der Waals surface area contributed by atoms with E-state index in [2.05, 4.69) is 71.3 Å². The summed E-state index contributed by atoms with van der Waals surface area (Å²) in [5.41, 5.74) is 3.73. The molecule has 14 nitrogen and oxygen atoms in total. The van der Waals surface area contributed by atoms with E-state index in [9.17, 15) is 54.7 Å². The lowest BCUT2D eigenvalue weighted by Gasteiger charge is -2.44. The Morgan fingerprint density at radius 2 is 1.28 bits per heavy atom. The molecule has 3 fully saturated rings. The molecule has 2 atom stereocenters. The second-order valence-electron chi connectivity index (χ2n) is 26.7. The molecule has 1 spiro atoms. The second kappa shape index (κ2) is 33.7. The number of hydrogen-bond donors (Lipinski definition) is 0. The molecule has 0 bridgehead atoms. The molecule has 3 aliphatic heterocycles. The number of esters is 1. The number of aryl methyl sites for hydroxylation is 1. The van der Waals surface area contributed by atoms with Crippen molar-refractivity contribution < 1.29 is 68.9 Å². The number of piperidine rings is 2. The van der Waals surface area contributed by atoms with E-state index in [1.54, 1.807) is 19.0 Å². The van der Waals surface area contributed by atoms with Gasteiger partial charge in [0.15, 0.2) is 0 Å². The zero-order valence-corrected chi connectivity index (χ0v) is 56.8. The Bertz CT molecular complexity index is 3600. The molecular formula is C77H91F7N6O8. The van der Waals surface area contributed by atoms with Gasteiger partial charge in [-0.15, -0.1) is 0 Å². The van der Waals surface area contributed by atoms with Crippen LogP contribution in [0.2, 0.25) is 0 Å². The minimum Gasteiger partial charge on any atom is -0.462 e. The van der Waals surface area contributed by atoms with E-state index in [0.717, 1.165) is 124 Å². The number of methoxy groups -OCH3 is 1. The van der Waals surface area contributed by atoms with Gasteiger partial charge in [0.2, 0.25) is 17.7 Å². The number of carbonyl (C=O) groups is 5. The number of anilines is 1. The quantitative estimate of drug-likeness (QED) is 0.0310. The lowest BCUT2D eigenvalue weighted by Crippen LogP contribution is -2.46. The summed E-state index contributed by atoms with van der Waals surface area (Å²) in [6, 6.07) is 41.2. The van der Waals surface area contributed by atoms with Crippen molar-refractivity contribution >= 4 is 35.3 Å². The van der Waals surface area contributed by atoms with Crippen LogP contribution in [0, 0.1) is 11.7 Å². The molecule has 21 heteroatoms. The SMILES string of the molecule is COCC(=O)N(C)CCC(=O)N(C)c1ccc(CCCCCCC(=O)N(C)CCN2CCC(OC(=O)Cc3ccccc3-c3ccccc3)CC2)cc1.C[C@H]1Cc2ccccc2C12CCN(CC[C@@]1(c3ccc(F)cc3)CN(C(=O)c3cc(C(F)(F)F)cc(C(F)(F)F)c3)CO1)CC2. The summed E-state index contributed by atoms with van der Waals surface area (Å²) in [6.07, 6.45) is 0.821. The van der Waals surface area contributed by atoms with Crippen LogP contribution in [-0.4, -0.2) is 161 Å². The Hall–Kier alpha value is -7.98. The number of likely N-dealkylation sites (tertiary alicyclic amines) is 2. The fourth-order valence-corrected chi connectivity index (χ4v) is 14.1. The molecule has 3 saturated heterocycles. The van der Waals surface area contributed by atoms with E-state index in [1.165, 1.54) is 53.0 Å². The summed E-state index contributed by atoms with van der Waals surface area (Å²) in [4.78, 5) is 74.3. The number of carbonyl (C=O) groups excluding carboxylic acids is 5. The summed E-state index contributed by atoms with van der Waals surface area (Å²) in [5.74, 6) is -1.15. The third-order valence-electron chi connectivity index (χ3n) is 20.1. The van der Waals surface area contributed by atoms with Gasteiger partial charge in [-0.25, -0.2) is 4.39 Å². The highest BCUT2D eigenvalue weighted by molar-refractivity contribution is 5.95. The van der Waals surface area contributed by atoms with E-state index >= 15 is 0 Å². The molecule has 0 aromatic heterocycles. The molecule has 10 rings (SSSR count). The van der Waals surface area contributed by atoms with Gasteiger partial charge >= 0.3 is 18.3 Å². The maximum Gasteiger partial charge on any atom is 0.416 e. The number of hydrogen-bond acceptors (Lipinski definition) is 10. The summed E-state index contributed by atoms with van der Waals surface area (Å²) in [5, 5.41) is 0. The Kier molecular flexibility index (Phi) is 25.5. The van der Waals surface area contributed by atoms with Crippen LogP contribution in [0.1, 0.15) is 127 Å². The van der Waals surface area contributed by atoms with E-state index < -0.39 is 46.4 Å². The average molecular weight is 1360 g/mol. The van der Waals surface area contributed by atoms with Crippen LogP contribution in [0.5, 0.6) is 0 Å². The maximum atomic E-state index is 13.9. The predicted octanol–water partition coefficient (Wildman–Crippen LogP) is 13.8. The van der Waals surface area contributed by atoms with Crippen LogP contribution >= 0.6 is 0 Å². The minimum atomic E-state index is -5.08. The maximum absolute atomic E-state index is 13.9. The van der Waals surface area contributed by atoms with Gasteiger partial charge in [0.1, 0.15) is 30.9 Å². The Labute approximate surface area is 571 Å². The van der Waals surface area contributed by atoms with Crippen molar-refractivity contribution in [1.82, 2.24) is 24.5 Å². The van der Waals surface area contributed by atoms with E-state index in [0.29, 0.717) is 56.1 Å². The number of unbranched alkanes of at least 4 members (excludes halogenated alkanes) is 3. The van der Waals surface area contributed by atoms with Crippen LogP contribution in [0.25, 0.3) is 11.1 Å². The monoisotopic (exact) mass is 1360 g/mol. The zero-order chi connectivity index (χ0) is 70.2. The largest absolute Gasteiger partial charge is 0.462 e. The smallest absolute Gasteiger partial charge is 0.416 e. The lowest BCUT2D eigenvalue weighted by molar-refractivity contribution is -0.150. The molecule has 526 valence electrons. The van der Waals surface area contributed by atoms with Crippen molar-refractivity contribution in [2.75, 3.05) is 105 Å². The Morgan fingerprint density at radius 1 is 0.653 bits per heavy atom. The van der Waals surface area contributed by atoms with Gasteiger partial charge in [-0.1, -0.05) is 123 Å². The highest BCUT2D eigenvalue weighted by atomic mass is 19.4. The number of benzene rings is 6. The number of halogens is 7. The number of ether oxygens (including phenoxy) is 3. The third kappa shape index (κ3) is 19.5. The van der Waals surface area contributed by atoms with E-state index in [-0.39, 0.29) is 74.0 Å². The number of amides is 4. The highest BCUT2D eigenvalue weighted by Crippen LogP contribution is 2.50. The fourth-order valence-electron chi connectivity index (χ4n) is 14.1. The van der Waals surface area contributed by atoms with Crippen LogP contribution in [-0.2, 0) is 76.0 Å². The van der Waals surface area contributed by atoms with Gasteiger partial charge in [-0.2, -0.15) is 26.3 Å². The first kappa shape index (κ1) is 74.2. The second-order valence-corrected chi connectivity index (χ2v) is 26.7. The van der Waals surface area contributed by atoms with Gasteiger partial charge in [-0.3, -0.25) is 24.0 Å². The Morgan fingerprint density at radius 3 is 1.95 bits per heavy atom. The van der Waals surface area contributed by atoms with Crippen molar-refractivity contribution in [2.24, 2.45) is 5.92 Å². The van der Waals surface area contributed by atoms with Gasteiger partial charge in [0.05, 0.1) is 24.1 Å². The first-order valence-electron chi connectivity index (χ1n) is 34.0. The normalized spacial score (nSPS) is 18.0. The fraction of sp³-hybridized carbons (Fsp3) is 0.468. The first-order valence-corrected chi connectivity index (χ1v) is 34.0. The topological polar surface area (TPSA) is 132 Å². The summed E-state index contributed by atoms with van der Waals surface area (Å²) in [7, 11) is 6.79. The number of nitrogens with zero attached hydrogens (tertiary/aromatic N) is 6. The van der Waals surface area contributed by atoms with Crippen molar-refractivity contribution in [2.45, 2.75) is 126 Å². The zero-order valence-electron chi connectivity index (χ0n) is 56.8. The van der Waals surface area contributed by atoms with Crippen LogP contribution in [0.15, 0.2) is 146 Å². The van der Waals surface area contributed by atoms with E-state index in [1.807, 2.05) is 60.5 Å². The molecule has 98 heavy (non-hydrogen) atoms. The molecule has 0 N–H and O–H groups in total. The van der Waals surface area contributed by atoms with Gasteiger partial charge in [0.25, 0.3) is 5.91 Å². The van der Waals surface area contributed by atoms with Gasteiger partial charge < -0.3 is 43.6 Å². The molecule has 4 amide bonds. The number of alkyl halides is 6. The third-order valence-corrected chi connectivity index (χ3v) is 20.1. The van der Waals surface area contributed by atoms with Crippen LogP contribution in [0.4, 0.5) is 36.4 Å². The molecule has 0 unspecified atom stereocenters. The Balaban J connectivity index is 0.000000232. The molecule has 4 aliphatic rings. The average Bonchev–Trinajstić information content (AvgIpc) is 1.60. The molecule has 6 aromatic rings. The van der Waals surface area contributed by atoms with E-state index in [4.69, 9.17) is 14.2 Å². The summed E-state index contributed by atoms with van der Waals surface area (Å²) in [6.45, 7) is 7.69. The van der Waals surface area contributed by atoms with Crippen molar-refractivity contribution in [3.63, 3.8) is 0 Å². The number of fused-ring (bicyclic) bond motifs is 2. The van der Waals surface area contributed by atoms with Crippen LogP contribution < -0.4 is 4.90 Å². The van der Waals surface area contributed by atoms with Gasteiger partial charge in [-0.05, 0) is 158 Å². The first-order chi connectivity index (χ1) is 46.8. The molecule has 0 saturated carbocycles. The van der Waals surface area contributed by atoms with Crippen LogP contribution in [0.3, 0.4) is 0 Å². The number of likely N-dealkylation sites (N-methyl/N-ethyl adjacent to an activating group) is 2. The van der Waals surface area contributed by atoms with Crippen molar-refractivity contribution in [1.29, 1.82) is 0 Å². The summed E-state index contributed by atoms with van der Waals surface area (Å²) >= 11 is 0. The lowest BCUT2D eigenvalue weighted by atomic mass is 9.68.